The van der Waals surface area contributed by atoms with Gasteiger partial charge in [0, 0.05) is 60.6 Å². The molecule has 498 valence electrons. The summed E-state index contributed by atoms with van der Waals surface area (Å²) in [6.45, 7) is 28.4. The van der Waals surface area contributed by atoms with Crippen molar-refractivity contribution in [3.63, 3.8) is 0 Å². The first-order chi connectivity index (χ1) is 49.6. The van der Waals surface area contributed by atoms with Gasteiger partial charge >= 0.3 is 0 Å². The van der Waals surface area contributed by atoms with E-state index in [0.717, 1.165) is 72.6 Å². The van der Waals surface area contributed by atoms with Gasteiger partial charge in [-0.3, -0.25) is 0 Å². The average Bonchev–Trinajstić information content (AvgIpc) is 1.53. The summed E-state index contributed by atoms with van der Waals surface area (Å²) in [5.74, 6) is 1.75. The average molecular weight is 1330 g/mol. The van der Waals surface area contributed by atoms with Gasteiger partial charge in [0.05, 0.1) is 11.0 Å². The molecular formula is C97H82BN5. The maximum Gasteiger partial charge on any atom is 0.252 e. The van der Waals surface area contributed by atoms with Crippen LogP contribution in [0.3, 0.4) is 0 Å². The van der Waals surface area contributed by atoms with Gasteiger partial charge in [0.15, 0.2) is 17.5 Å². The molecule has 5 heterocycles. The van der Waals surface area contributed by atoms with Crippen LogP contribution in [0.15, 0.2) is 279 Å². The van der Waals surface area contributed by atoms with Gasteiger partial charge in [-0.2, -0.15) is 0 Å². The molecule has 0 atom stereocenters. The second-order valence-corrected chi connectivity index (χ2v) is 32.9. The van der Waals surface area contributed by atoms with Crippen LogP contribution in [-0.2, 0) is 21.7 Å². The smallest absolute Gasteiger partial charge is 0.252 e. The molecule has 0 saturated heterocycles. The van der Waals surface area contributed by atoms with Crippen molar-refractivity contribution in [3.05, 3.63) is 301 Å². The highest BCUT2D eigenvalue weighted by Gasteiger charge is 2.44. The van der Waals surface area contributed by atoms with Crippen molar-refractivity contribution in [2.24, 2.45) is 0 Å². The number of fused-ring (bicyclic) bond motifs is 10. The van der Waals surface area contributed by atoms with Crippen LogP contribution in [0, 0.1) is 0 Å². The number of benzene rings is 13. The van der Waals surface area contributed by atoms with Gasteiger partial charge in [0.2, 0.25) is 0 Å². The molecule has 16 aromatic rings. The van der Waals surface area contributed by atoms with Crippen molar-refractivity contribution in [1.29, 1.82) is 0 Å². The molecule has 13 aromatic carbocycles. The SMILES string of the molecule is CC(C)(C)c1cc(C(C)(C)C)c2c3cc(-c4ccccc4)cc4c3n(c2c1)-c1cc(-c2nc(-c3cc(-c5ccccc5)cc(-c5ccccc5)c3)nc(-c3cc(-c5ccccc5)cc(-c5ccccc5)c3)n2)cc2c1B4c1cc(-c3ccccc3)cc3c4c(C(C)(C)C)cc(C(C)(C)C)cc4n-2c13. The Labute approximate surface area is 605 Å². The Morgan fingerprint density at radius 2 is 0.515 bits per heavy atom. The van der Waals surface area contributed by atoms with Gasteiger partial charge in [0.25, 0.3) is 6.71 Å². The largest absolute Gasteiger partial charge is 0.310 e. The predicted octanol–water partition coefficient (Wildman–Crippen LogP) is 23.4. The van der Waals surface area contributed by atoms with E-state index in [1.165, 1.54) is 105 Å². The normalized spacial score (nSPS) is 12.8. The molecule has 6 heteroatoms. The molecule has 0 aliphatic carbocycles. The first kappa shape index (κ1) is 63.7. The molecule has 0 spiro atoms. The van der Waals surface area contributed by atoms with E-state index in [2.05, 4.69) is 371 Å². The molecule has 18 rings (SSSR count). The summed E-state index contributed by atoms with van der Waals surface area (Å²) in [5.41, 5.74) is 31.6. The summed E-state index contributed by atoms with van der Waals surface area (Å²) in [6, 6.07) is 104. The van der Waals surface area contributed by atoms with E-state index in [0.29, 0.717) is 17.5 Å². The van der Waals surface area contributed by atoms with Gasteiger partial charge < -0.3 is 9.13 Å². The number of aromatic nitrogens is 5. The highest BCUT2D eigenvalue weighted by atomic mass is 15.1. The zero-order chi connectivity index (χ0) is 70.6. The third-order valence-corrected chi connectivity index (χ3v) is 21.8. The summed E-state index contributed by atoms with van der Waals surface area (Å²) in [4.78, 5) is 17.6. The van der Waals surface area contributed by atoms with Crippen LogP contribution in [0.25, 0.3) is 156 Å². The Hall–Kier alpha value is -11.5. The fourth-order valence-corrected chi connectivity index (χ4v) is 16.6. The maximum absolute atomic E-state index is 5.91. The summed E-state index contributed by atoms with van der Waals surface area (Å²) in [5, 5.41) is 5.08. The molecule has 0 saturated carbocycles. The van der Waals surface area contributed by atoms with Gasteiger partial charge in [-0.25, -0.2) is 15.0 Å². The van der Waals surface area contributed by atoms with Gasteiger partial charge in [0.1, 0.15) is 0 Å². The molecule has 0 N–H and O–H groups in total. The molecule has 5 nitrogen and oxygen atoms in total. The Balaban J connectivity index is 1.03. The van der Waals surface area contributed by atoms with Gasteiger partial charge in [-0.1, -0.05) is 289 Å². The van der Waals surface area contributed by atoms with E-state index in [4.69, 9.17) is 15.0 Å². The summed E-state index contributed by atoms with van der Waals surface area (Å²) < 4.78 is 5.37. The zero-order valence-electron chi connectivity index (χ0n) is 60.9. The van der Waals surface area contributed by atoms with E-state index in [1.54, 1.807) is 0 Å². The molecular weight excluding hydrogens is 1250 g/mol. The van der Waals surface area contributed by atoms with Gasteiger partial charge in [-0.15, -0.1) is 0 Å². The summed E-state index contributed by atoms with van der Waals surface area (Å²) in [7, 11) is 0. The monoisotopic (exact) mass is 1330 g/mol. The highest BCUT2D eigenvalue weighted by molar-refractivity contribution is 7.00. The number of hydrogen-bond donors (Lipinski definition) is 0. The zero-order valence-corrected chi connectivity index (χ0v) is 60.9. The van der Waals surface area contributed by atoms with E-state index < -0.39 is 0 Å². The lowest BCUT2D eigenvalue weighted by Gasteiger charge is -2.35. The molecule has 103 heavy (non-hydrogen) atoms. The Kier molecular flexibility index (Phi) is 14.6. The number of hydrogen-bond acceptors (Lipinski definition) is 3. The molecule has 0 bridgehead atoms. The Morgan fingerprint density at radius 3 is 0.786 bits per heavy atom. The van der Waals surface area contributed by atoms with E-state index in [1.807, 2.05) is 0 Å². The minimum Gasteiger partial charge on any atom is -0.310 e. The van der Waals surface area contributed by atoms with Gasteiger partial charge in [-0.05, 0) is 200 Å². The summed E-state index contributed by atoms with van der Waals surface area (Å²) >= 11 is 0. The maximum atomic E-state index is 5.91. The first-order valence-electron chi connectivity index (χ1n) is 36.5. The van der Waals surface area contributed by atoms with E-state index in [9.17, 15) is 0 Å². The van der Waals surface area contributed by atoms with E-state index >= 15 is 0 Å². The van der Waals surface area contributed by atoms with Crippen molar-refractivity contribution in [3.8, 4) is 112 Å². The number of rotatable bonds is 9. The fraction of sp³-hybridized carbons (Fsp3) is 0.165. The molecule has 2 aliphatic heterocycles. The number of nitrogens with zero attached hydrogens (tertiary/aromatic N) is 5. The standard InChI is InChI=1S/C97H82BN5/c1-94(2,3)74-55-78(96(7,8)9)86-76-49-69(63-39-27-17-28-40-63)51-80-89(76)102(82(86)57-74)84-53-73(54-85-88(84)98(80)81-52-70(64-41-29-18-30-42-64)50-77-87-79(97(10,11)12)56-75(95(4,5)6)58-83(87)103(85)90(77)81)93-100-91(71-45-65(59-31-19-13-20-32-59)43-66(46-71)60-33-21-14-22-34-60)99-92(101-93)72-47-67(61-35-23-15-24-36-61)44-68(48-72)62-37-25-16-26-38-62/h13-58H,1-12H3. The summed E-state index contributed by atoms with van der Waals surface area (Å²) in [6.07, 6.45) is 0. The fourth-order valence-electron chi connectivity index (χ4n) is 16.6. The van der Waals surface area contributed by atoms with Crippen LogP contribution in [0.2, 0.25) is 0 Å². The van der Waals surface area contributed by atoms with Crippen LogP contribution < -0.4 is 16.4 Å². The second kappa shape index (κ2) is 23.6. The van der Waals surface area contributed by atoms with Crippen molar-refractivity contribution < 1.29 is 0 Å². The predicted molar refractivity (Wildman–Crippen MR) is 437 cm³/mol. The molecule has 2 aliphatic rings. The van der Waals surface area contributed by atoms with Crippen molar-refractivity contribution in [2.45, 2.75) is 105 Å². The van der Waals surface area contributed by atoms with Crippen LogP contribution >= 0.6 is 0 Å². The minimum atomic E-state index is -0.226. The molecule has 0 amide bonds. The molecule has 0 radical (unpaired) electrons. The Morgan fingerprint density at radius 1 is 0.252 bits per heavy atom. The highest BCUT2D eigenvalue weighted by Crippen LogP contribution is 2.49. The van der Waals surface area contributed by atoms with E-state index in [-0.39, 0.29) is 28.4 Å². The lowest BCUT2D eigenvalue weighted by atomic mass is 9.34. The second-order valence-electron chi connectivity index (χ2n) is 32.9. The third kappa shape index (κ3) is 10.8. The first-order valence-corrected chi connectivity index (χ1v) is 36.5. The minimum absolute atomic E-state index is 0.173. The molecule has 0 fully saturated rings. The van der Waals surface area contributed by atoms with Crippen LogP contribution in [-0.4, -0.2) is 30.8 Å². The van der Waals surface area contributed by atoms with Crippen LogP contribution in [0.1, 0.15) is 105 Å². The quantitative estimate of drug-likeness (QED) is 0.135. The lowest BCUT2D eigenvalue weighted by molar-refractivity contribution is 0.572. The molecule has 3 aromatic heterocycles. The Bertz CT molecular complexity index is 5620. The van der Waals surface area contributed by atoms with Crippen LogP contribution in [0.5, 0.6) is 0 Å². The molecule has 0 unspecified atom stereocenters. The third-order valence-electron chi connectivity index (χ3n) is 21.8. The lowest BCUT2D eigenvalue weighted by Crippen LogP contribution is -2.59. The van der Waals surface area contributed by atoms with Crippen LogP contribution in [0.4, 0.5) is 0 Å². The van der Waals surface area contributed by atoms with Crippen molar-refractivity contribution in [1.82, 2.24) is 24.1 Å². The van der Waals surface area contributed by atoms with Crippen molar-refractivity contribution >= 4 is 66.7 Å². The van der Waals surface area contributed by atoms with Crippen molar-refractivity contribution in [2.75, 3.05) is 0 Å². The topological polar surface area (TPSA) is 48.5 Å².